The fraction of sp³-hybridized carbons (Fsp3) is 0.227. The number of rotatable bonds is 6. The van der Waals surface area contributed by atoms with Crippen molar-refractivity contribution in [2.45, 2.75) is 20.4 Å². The van der Waals surface area contributed by atoms with E-state index >= 15 is 0 Å². The Morgan fingerprint density at radius 1 is 1.04 bits per heavy atom. The van der Waals surface area contributed by atoms with E-state index in [9.17, 15) is 9.59 Å². The van der Waals surface area contributed by atoms with Gasteiger partial charge in [-0.05, 0) is 37.6 Å². The molecule has 27 heavy (non-hydrogen) atoms. The molecule has 3 rings (SSSR count). The van der Waals surface area contributed by atoms with E-state index < -0.39 is 11.7 Å². The Morgan fingerprint density at radius 3 is 2.33 bits per heavy atom. The quantitative estimate of drug-likeness (QED) is 0.499. The van der Waals surface area contributed by atoms with Gasteiger partial charge in [0.25, 0.3) is 11.7 Å². The highest BCUT2D eigenvalue weighted by Crippen LogP contribution is 2.23. The van der Waals surface area contributed by atoms with Crippen molar-refractivity contribution >= 4 is 22.6 Å². The molecule has 0 N–H and O–H groups in total. The van der Waals surface area contributed by atoms with E-state index in [0.717, 1.165) is 16.5 Å². The molecule has 3 aromatic rings. The maximum atomic E-state index is 12.8. The first-order valence-electron chi connectivity index (χ1n) is 8.99. The van der Waals surface area contributed by atoms with Gasteiger partial charge in [0.15, 0.2) is 0 Å². The van der Waals surface area contributed by atoms with Crippen LogP contribution >= 0.6 is 0 Å². The fourth-order valence-corrected chi connectivity index (χ4v) is 3.21. The highest BCUT2D eigenvalue weighted by Gasteiger charge is 2.24. The highest BCUT2D eigenvalue weighted by atomic mass is 16.2. The molecule has 5 heteroatoms. The average Bonchev–Trinajstić information content (AvgIpc) is 3.07. The molecule has 0 aliphatic carbocycles. The molecule has 0 fully saturated rings. The zero-order valence-electron chi connectivity index (χ0n) is 15.5. The Balaban J connectivity index is 1.99. The molecule has 0 atom stereocenters. The number of carbonyl (C=O) groups is 2. The van der Waals surface area contributed by atoms with Gasteiger partial charge in [0.1, 0.15) is 0 Å². The van der Waals surface area contributed by atoms with Crippen molar-refractivity contribution in [3.63, 3.8) is 0 Å². The maximum Gasteiger partial charge on any atom is 0.295 e. The first kappa shape index (κ1) is 18.4. The lowest BCUT2D eigenvalue weighted by molar-refractivity contribution is -0.126. The minimum Gasteiger partial charge on any atom is -0.342 e. The van der Waals surface area contributed by atoms with Gasteiger partial charge in [-0.3, -0.25) is 9.59 Å². The van der Waals surface area contributed by atoms with E-state index in [-0.39, 0.29) is 0 Å². The van der Waals surface area contributed by atoms with Gasteiger partial charge in [-0.15, -0.1) is 0 Å². The summed E-state index contributed by atoms with van der Waals surface area (Å²) in [5, 5.41) is 9.71. The Hall–Kier alpha value is -3.39. The first-order valence-corrected chi connectivity index (χ1v) is 8.99. The SMILES string of the molecule is CCN(CC)C(=O)C(=O)c1cn(Cc2ccc(C#N)cc2)c2ccccc12. The van der Waals surface area contributed by atoms with Crippen LogP contribution in [0.3, 0.4) is 0 Å². The number of Topliss-reactive ketones (excluding diaryl/α,β-unsaturated/α-hetero) is 1. The smallest absolute Gasteiger partial charge is 0.295 e. The lowest BCUT2D eigenvalue weighted by atomic mass is 10.1. The van der Waals surface area contributed by atoms with Crippen LogP contribution in [0.2, 0.25) is 0 Å². The van der Waals surface area contributed by atoms with Crippen molar-refractivity contribution < 1.29 is 9.59 Å². The van der Waals surface area contributed by atoms with Crippen LogP contribution < -0.4 is 0 Å². The zero-order chi connectivity index (χ0) is 19.4. The number of para-hydroxylation sites is 1. The normalized spacial score (nSPS) is 10.6. The number of aromatic nitrogens is 1. The second kappa shape index (κ2) is 7.88. The van der Waals surface area contributed by atoms with Gasteiger partial charge in [-0.1, -0.05) is 30.3 Å². The van der Waals surface area contributed by atoms with Crippen molar-refractivity contribution in [1.82, 2.24) is 9.47 Å². The summed E-state index contributed by atoms with van der Waals surface area (Å²) in [6.07, 6.45) is 1.76. The summed E-state index contributed by atoms with van der Waals surface area (Å²) >= 11 is 0. The molecular formula is C22H21N3O2. The van der Waals surface area contributed by atoms with E-state index in [0.29, 0.717) is 30.8 Å². The van der Waals surface area contributed by atoms with Crippen LogP contribution in [0.25, 0.3) is 10.9 Å². The average molecular weight is 359 g/mol. The minimum absolute atomic E-state index is 0.427. The monoisotopic (exact) mass is 359 g/mol. The van der Waals surface area contributed by atoms with E-state index in [1.165, 1.54) is 4.90 Å². The molecule has 1 heterocycles. The summed E-state index contributed by atoms with van der Waals surface area (Å²) in [5.41, 5.74) is 2.95. The zero-order valence-corrected chi connectivity index (χ0v) is 15.5. The van der Waals surface area contributed by atoms with Crippen LogP contribution in [-0.4, -0.2) is 34.2 Å². The van der Waals surface area contributed by atoms with Gasteiger partial charge in [0.2, 0.25) is 0 Å². The molecular weight excluding hydrogens is 338 g/mol. The van der Waals surface area contributed by atoms with Gasteiger partial charge in [0.05, 0.1) is 17.2 Å². The number of benzene rings is 2. The van der Waals surface area contributed by atoms with Crippen molar-refractivity contribution in [2.75, 3.05) is 13.1 Å². The van der Waals surface area contributed by atoms with Gasteiger partial charge in [-0.2, -0.15) is 5.26 Å². The van der Waals surface area contributed by atoms with E-state index in [2.05, 4.69) is 6.07 Å². The highest BCUT2D eigenvalue weighted by molar-refractivity contribution is 6.44. The third-order valence-corrected chi connectivity index (χ3v) is 4.71. The Morgan fingerprint density at radius 2 is 1.70 bits per heavy atom. The summed E-state index contributed by atoms with van der Waals surface area (Å²) in [6.45, 7) is 5.29. The van der Waals surface area contributed by atoms with Gasteiger partial charge < -0.3 is 9.47 Å². The van der Waals surface area contributed by atoms with Gasteiger partial charge in [0, 0.05) is 36.7 Å². The predicted molar refractivity (Wildman–Crippen MR) is 104 cm³/mol. The van der Waals surface area contributed by atoms with E-state index in [1.54, 1.807) is 18.3 Å². The summed E-state index contributed by atoms with van der Waals surface area (Å²) in [6, 6.07) is 17.0. The first-order chi connectivity index (χ1) is 13.1. The lowest BCUT2D eigenvalue weighted by Gasteiger charge is -2.17. The van der Waals surface area contributed by atoms with Crippen LogP contribution in [0.15, 0.2) is 54.7 Å². The molecule has 2 aromatic carbocycles. The molecule has 0 unspecified atom stereocenters. The number of fused-ring (bicyclic) bond motifs is 1. The Bertz CT molecular complexity index is 1020. The second-order valence-corrected chi connectivity index (χ2v) is 6.30. The van der Waals surface area contributed by atoms with E-state index in [4.69, 9.17) is 5.26 Å². The molecule has 5 nitrogen and oxygen atoms in total. The number of nitrogens with zero attached hydrogens (tertiary/aromatic N) is 3. The molecule has 0 saturated carbocycles. The van der Waals surface area contributed by atoms with Crippen molar-refractivity contribution in [2.24, 2.45) is 0 Å². The molecule has 0 aliphatic rings. The number of ketones is 1. The molecule has 1 aromatic heterocycles. The van der Waals surface area contributed by atoms with Gasteiger partial charge in [-0.25, -0.2) is 0 Å². The maximum absolute atomic E-state index is 12.8. The topological polar surface area (TPSA) is 66.1 Å². The number of likely N-dealkylation sites (N-methyl/N-ethyl adjacent to an activating group) is 1. The third kappa shape index (κ3) is 3.61. The predicted octanol–water partition coefficient (Wildman–Crippen LogP) is 3.61. The Kier molecular flexibility index (Phi) is 5.37. The summed E-state index contributed by atoms with van der Waals surface area (Å²) < 4.78 is 1.97. The second-order valence-electron chi connectivity index (χ2n) is 6.30. The molecule has 0 saturated heterocycles. The molecule has 136 valence electrons. The summed E-state index contributed by atoms with van der Waals surface area (Å²) in [5.74, 6) is -0.949. The number of nitriles is 1. The third-order valence-electron chi connectivity index (χ3n) is 4.71. The van der Waals surface area contributed by atoms with Crippen molar-refractivity contribution in [3.05, 3.63) is 71.4 Å². The number of hydrogen-bond donors (Lipinski definition) is 0. The summed E-state index contributed by atoms with van der Waals surface area (Å²) in [4.78, 5) is 26.9. The molecule has 0 radical (unpaired) electrons. The van der Waals surface area contributed by atoms with Crippen molar-refractivity contribution in [3.8, 4) is 6.07 Å². The van der Waals surface area contributed by atoms with Crippen LogP contribution in [0.4, 0.5) is 0 Å². The Labute approximate surface area is 158 Å². The minimum atomic E-state index is -0.478. The molecule has 0 aliphatic heterocycles. The van der Waals surface area contributed by atoms with Crippen LogP contribution in [0.5, 0.6) is 0 Å². The van der Waals surface area contributed by atoms with Crippen LogP contribution in [0, 0.1) is 11.3 Å². The standard InChI is InChI=1S/C22H21N3O2/c1-3-24(4-2)22(27)21(26)19-15-25(20-8-6-5-7-18(19)20)14-17-11-9-16(13-23)10-12-17/h5-12,15H,3-4,14H2,1-2H3. The molecule has 0 spiro atoms. The molecule has 0 bridgehead atoms. The van der Waals surface area contributed by atoms with Crippen molar-refractivity contribution in [1.29, 1.82) is 5.26 Å². The van der Waals surface area contributed by atoms with Gasteiger partial charge >= 0.3 is 0 Å². The lowest BCUT2D eigenvalue weighted by Crippen LogP contribution is -2.36. The summed E-state index contributed by atoms with van der Waals surface area (Å²) in [7, 11) is 0. The molecule has 1 amide bonds. The number of amides is 1. The fourth-order valence-electron chi connectivity index (χ4n) is 3.21. The largest absolute Gasteiger partial charge is 0.342 e. The number of carbonyl (C=O) groups excluding carboxylic acids is 2. The number of hydrogen-bond acceptors (Lipinski definition) is 3. The van der Waals surface area contributed by atoms with E-state index in [1.807, 2.05) is 54.8 Å². The van der Waals surface area contributed by atoms with Crippen LogP contribution in [0.1, 0.15) is 35.3 Å². The van der Waals surface area contributed by atoms with Crippen LogP contribution in [-0.2, 0) is 11.3 Å².